The van der Waals surface area contributed by atoms with Crippen LogP contribution in [0.25, 0.3) is 5.78 Å². The number of halogens is 7. The molecule has 3 aromatic rings. The maximum Gasteiger partial charge on any atom is 0.393 e. The van der Waals surface area contributed by atoms with Gasteiger partial charge in [-0.25, -0.2) is 32.0 Å². The summed E-state index contributed by atoms with van der Waals surface area (Å²) in [6.07, 6.45) is -2.75. The highest BCUT2D eigenvalue weighted by molar-refractivity contribution is 5.95. The second-order valence-corrected chi connectivity index (χ2v) is 13.6. The van der Waals surface area contributed by atoms with Gasteiger partial charge in [0.1, 0.15) is 17.5 Å². The molecule has 4 aliphatic rings. The van der Waals surface area contributed by atoms with Crippen molar-refractivity contribution in [1.82, 2.24) is 35.4 Å². The fraction of sp³-hybridized carbons (Fsp3) is 0.677. The van der Waals surface area contributed by atoms with Gasteiger partial charge < -0.3 is 19.9 Å². The number of hydrogen-bond acceptors (Lipinski definition) is 8. The van der Waals surface area contributed by atoms with Gasteiger partial charge in [-0.05, 0) is 38.0 Å². The molecule has 2 N–H and O–H groups in total. The van der Waals surface area contributed by atoms with Crippen molar-refractivity contribution in [3.8, 4) is 0 Å². The maximum absolute atomic E-state index is 14.2. The Morgan fingerprint density at radius 2 is 1.80 bits per heavy atom. The third-order valence-corrected chi connectivity index (χ3v) is 10.2. The molecule has 11 nitrogen and oxygen atoms in total. The molecule has 3 aromatic heterocycles. The van der Waals surface area contributed by atoms with E-state index >= 15 is 0 Å². The molecule has 7 rings (SSSR count). The van der Waals surface area contributed by atoms with E-state index in [1.165, 1.54) is 10.7 Å². The van der Waals surface area contributed by atoms with Gasteiger partial charge in [-0.2, -0.15) is 18.3 Å². The lowest BCUT2D eigenvalue weighted by Crippen LogP contribution is -2.47. The lowest BCUT2D eigenvalue weighted by molar-refractivity contribution is -0.183. The number of imidazole rings is 1. The van der Waals surface area contributed by atoms with Crippen molar-refractivity contribution in [2.45, 2.75) is 93.7 Å². The predicted octanol–water partition coefficient (Wildman–Crippen LogP) is 5.28. The van der Waals surface area contributed by atoms with E-state index in [9.17, 15) is 40.3 Å². The van der Waals surface area contributed by atoms with Crippen LogP contribution in [0.4, 0.5) is 30.7 Å². The van der Waals surface area contributed by atoms with Crippen LogP contribution in [-0.2, 0) is 16.0 Å². The zero-order valence-electron chi connectivity index (χ0n) is 26.1. The number of hydrogen-bond donors (Lipinski definition) is 2. The van der Waals surface area contributed by atoms with Crippen molar-refractivity contribution < 1.29 is 49.6 Å². The summed E-state index contributed by atoms with van der Waals surface area (Å²) < 4.78 is 109. The predicted molar refractivity (Wildman–Crippen MR) is 154 cm³/mol. The van der Waals surface area contributed by atoms with Gasteiger partial charge in [-0.15, -0.1) is 0 Å². The van der Waals surface area contributed by atoms with Crippen molar-refractivity contribution in [3.63, 3.8) is 0 Å². The average Bonchev–Trinajstić information content (AvgIpc) is 3.38. The summed E-state index contributed by atoms with van der Waals surface area (Å²) in [5, 5.41) is 13.5. The summed E-state index contributed by atoms with van der Waals surface area (Å²) in [6.45, 7) is 0.352. The van der Waals surface area contributed by atoms with Crippen LogP contribution in [0.1, 0.15) is 102 Å². The molecule has 2 saturated carbocycles. The standard InChI is InChI=1S/C31H34F7N7O4/c32-29(33)5-1-15(2-6-29)24(41-27(47)19-14-49-44-25(19)20-11-30(20,34)35)22-13-45-28(40-22)42-23(16-3-7-48-8-4-16)21(43-45)10-17-9-18(31(36,37)38)12-39-26(17)46/h13-18,20,24H,1-12H2,(H,39,46)(H,41,47)/t17-,18-,20?,24+/m1/s1. The minimum Gasteiger partial charge on any atom is -0.381 e. The average molecular weight is 702 g/mol. The molecular weight excluding hydrogens is 667 g/mol. The smallest absolute Gasteiger partial charge is 0.381 e. The number of nitrogens with zero attached hydrogens (tertiary/aromatic N) is 5. The molecule has 2 aliphatic heterocycles. The highest BCUT2D eigenvalue weighted by Crippen LogP contribution is 2.56. The minimum atomic E-state index is -4.49. The Balaban J connectivity index is 1.23. The number of ether oxygens (including phenoxy) is 1. The molecule has 5 heterocycles. The summed E-state index contributed by atoms with van der Waals surface area (Å²) in [5.74, 6) is -11.8. The molecule has 2 amide bonds. The van der Waals surface area contributed by atoms with Crippen molar-refractivity contribution in [3.05, 3.63) is 40.8 Å². The van der Waals surface area contributed by atoms with E-state index < -0.39 is 91.8 Å². The lowest BCUT2D eigenvalue weighted by atomic mass is 9.81. The monoisotopic (exact) mass is 701 g/mol. The van der Waals surface area contributed by atoms with Crippen LogP contribution in [0.5, 0.6) is 0 Å². The van der Waals surface area contributed by atoms with E-state index in [0.29, 0.717) is 37.4 Å². The van der Waals surface area contributed by atoms with Gasteiger partial charge in [0.2, 0.25) is 11.8 Å². The number of carbonyl (C=O) groups excluding carboxylic acids is 2. The summed E-state index contributed by atoms with van der Waals surface area (Å²) >= 11 is 0. The van der Waals surface area contributed by atoms with Gasteiger partial charge in [0.25, 0.3) is 17.6 Å². The Morgan fingerprint density at radius 1 is 1.08 bits per heavy atom. The Morgan fingerprint density at radius 3 is 2.47 bits per heavy atom. The largest absolute Gasteiger partial charge is 0.393 e. The van der Waals surface area contributed by atoms with Crippen molar-refractivity contribution in [1.29, 1.82) is 0 Å². The molecule has 18 heteroatoms. The second kappa shape index (κ2) is 12.5. The van der Waals surface area contributed by atoms with E-state index in [2.05, 4.69) is 25.9 Å². The molecule has 0 radical (unpaired) electrons. The molecule has 266 valence electrons. The first-order chi connectivity index (χ1) is 23.2. The fourth-order valence-electron chi connectivity index (χ4n) is 7.26. The van der Waals surface area contributed by atoms with Crippen LogP contribution in [0.15, 0.2) is 17.0 Å². The van der Waals surface area contributed by atoms with Crippen molar-refractivity contribution in [2.75, 3.05) is 19.8 Å². The van der Waals surface area contributed by atoms with Gasteiger partial charge in [-0.1, -0.05) is 5.16 Å². The van der Waals surface area contributed by atoms with Crippen LogP contribution in [-0.4, -0.2) is 74.3 Å². The molecule has 0 bridgehead atoms. The molecule has 49 heavy (non-hydrogen) atoms. The Bertz CT molecular complexity index is 1710. The highest BCUT2D eigenvalue weighted by atomic mass is 19.4. The van der Waals surface area contributed by atoms with Crippen LogP contribution < -0.4 is 10.6 Å². The van der Waals surface area contributed by atoms with Crippen LogP contribution in [0, 0.1) is 17.8 Å². The number of piperidine rings is 1. The fourth-order valence-corrected chi connectivity index (χ4v) is 7.26. The van der Waals surface area contributed by atoms with Crippen LogP contribution >= 0.6 is 0 Å². The highest BCUT2D eigenvalue weighted by Gasteiger charge is 2.60. The number of aromatic nitrogens is 5. The summed E-state index contributed by atoms with van der Waals surface area (Å²) in [5.41, 5.74) is 0.636. The summed E-state index contributed by atoms with van der Waals surface area (Å²) in [6, 6.07) is -0.957. The maximum atomic E-state index is 14.2. The first-order valence-electron chi connectivity index (χ1n) is 16.4. The molecule has 2 saturated heterocycles. The number of fused-ring (bicyclic) bond motifs is 1. The normalized spacial score (nSPS) is 26.8. The molecule has 2 aliphatic carbocycles. The van der Waals surface area contributed by atoms with E-state index in [4.69, 9.17) is 14.2 Å². The summed E-state index contributed by atoms with van der Waals surface area (Å²) in [4.78, 5) is 35.6. The zero-order chi connectivity index (χ0) is 34.7. The topological polar surface area (TPSA) is 137 Å². The van der Waals surface area contributed by atoms with Gasteiger partial charge in [0.05, 0.1) is 41.2 Å². The number of rotatable bonds is 8. The SMILES string of the molecule is O=C(N[C@H](c1cn2nc(C[C@H]3C[C@@H](C(F)(F)F)CNC3=O)c(C3CCOCC3)nc2n1)C1CCC(F)(F)CC1)c1conc1C1CC1(F)F. The molecule has 0 aromatic carbocycles. The molecule has 4 atom stereocenters. The summed E-state index contributed by atoms with van der Waals surface area (Å²) in [7, 11) is 0. The van der Waals surface area contributed by atoms with Gasteiger partial charge in [0.15, 0.2) is 0 Å². The van der Waals surface area contributed by atoms with Crippen LogP contribution in [0.3, 0.4) is 0 Å². The molecule has 4 fully saturated rings. The Labute approximate surface area is 274 Å². The third-order valence-electron chi connectivity index (χ3n) is 10.2. The third kappa shape index (κ3) is 6.97. The van der Waals surface area contributed by atoms with E-state index in [-0.39, 0.29) is 47.9 Å². The Kier molecular flexibility index (Phi) is 8.58. The zero-order valence-corrected chi connectivity index (χ0v) is 26.1. The van der Waals surface area contributed by atoms with E-state index in [1.807, 2.05) is 0 Å². The first kappa shape index (κ1) is 33.7. The van der Waals surface area contributed by atoms with Crippen molar-refractivity contribution in [2.24, 2.45) is 17.8 Å². The lowest BCUT2D eigenvalue weighted by Gasteiger charge is -2.33. The number of alkyl halides is 7. The van der Waals surface area contributed by atoms with Gasteiger partial charge in [-0.3, -0.25) is 9.59 Å². The van der Waals surface area contributed by atoms with Gasteiger partial charge in [0, 0.05) is 57.3 Å². The number of amides is 2. The Hall–Kier alpha value is -3.83. The molecular formula is C31H34F7N7O4. The van der Waals surface area contributed by atoms with E-state index in [1.54, 1.807) is 0 Å². The number of carbonyl (C=O) groups is 2. The van der Waals surface area contributed by atoms with E-state index in [0.717, 1.165) is 6.26 Å². The minimum absolute atomic E-state index is 0.0274. The van der Waals surface area contributed by atoms with Gasteiger partial charge >= 0.3 is 6.18 Å². The molecule has 1 unspecified atom stereocenters. The quantitative estimate of drug-likeness (QED) is 0.303. The first-order valence-corrected chi connectivity index (χ1v) is 16.4. The number of nitrogens with one attached hydrogen (secondary N) is 2. The molecule has 0 spiro atoms. The van der Waals surface area contributed by atoms with Crippen LogP contribution in [0.2, 0.25) is 0 Å². The van der Waals surface area contributed by atoms with Crippen molar-refractivity contribution >= 4 is 17.6 Å². The second-order valence-electron chi connectivity index (χ2n) is 13.6.